The number of fused-ring (bicyclic) bond motifs is 5. The molecule has 0 aliphatic heterocycles. The van der Waals surface area contributed by atoms with E-state index in [9.17, 15) is 9.59 Å². The fraction of sp³-hybridized carbons (Fsp3) is 0.818. The maximum absolute atomic E-state index is 15.1. The molecule has 0 amide bonds. The van der Waals surface area contributed by atoms with Gasteiger partial charge in [0.2, 0.25) is 0 Å². The van der Waals surface area contributed by atoms with Crippen molar-refractivity contribution >= 4 is 11.8 Å². The van der Waals surface area contributed by atoms with Crippen molar-refractivity contribution in [2.45, 2.75) is 84.4 Å². The summed E-state index contributed by atoms with van der Waals surface area (Å²) < 4.78 is 20.9. The van der Waals surface area contributed by atoms with E-state index >= 15 is 4.39 Å². The molecule has 3 saturated carbocycles. The van der Waals surface area contributed by atoms with Crippen LogP contribution in [0.25, 0.3) is 0 Å². The smallest absolute Gasteiger partial charge is 0.305 e. The molecule has 0 aromatic rings. The van der Waals surface area contributed by atoms with Gasteiger partial charge in [-0.1, -0.05) is 20.8 Å². The lowest BCUT2D eigenvalue weighted by Crippen LogP contribution is -2.54. The topological polar surface area (TPSA) is 43.4 Å². The zero-order chi connectivity index (χ0) is 18.7. The van der Waals surface area contributed by atoms with Gasteiger partial charge in [0.05, 0.1) is 0 Å². The van der Waals surface area contributed by atoms with Crippen LogP contribution < -0.4 is 0 Å². The van der Waals surface area contributed by atoms with Crippen molar-refractivity contribution in [1.82, 2.24) is 0 Å². The van der Waals surface area contributed by atoms with Crippen molar-refractivity contribution in [3.8, 4) is 0 Å². The van der Waals surface area contributed by atoms with Gasteiger partial charge >= 0.3 is 5.97 Å². The van der Waals surface area contributed by atoms with Crippen molar-refractivity contribution in [3.63, 3.8) is 0 Å². The van der Waals surface area contributed by atoms with Crippen LogP contribution in [-0.2, 0) is 14.3 Å². The zero-order valence-corrected chi connectivity index (χ0v) is 16.2. The van der Waals surface area contributed by atoms with Crippen molar-refractivity contribution in [2.75, 3.05) is 0 Å². The third-order valence-corrected chi connectivity index (χ3v) is 8.41. The van der Waals surface area contributed by atoms with E-state index in [0.29, 0.717) is 37.0 Å². The Morgan fingerprint density at radius 3 is 2.73 bits per heavy atom. The van der Waals surface area contributed by atoms with Crippen LogP contribution in [0, 0.1) is 28.6 Å². The first-order valence-electron chi connectivity index (χ1n) is 10.4. The third-order valence-electron chi connectivity index (χ3n) is 8.41. The highest BCUT2D eigenvalue weighted by atomic mass is 19.1. The fourth-order valence-corrected chi connectivity index (χ4v) is 6.95. The number of carbonyl (C=O) groups is 2. The molecule has 0 aromatic heterocycles. The molecule has 0 aromatic carbocycles. The van der Waals surface area contributed by atoms with Gasteiger partial charge in [-0.05, 0) is 73.3 Å². The zero-order valence-electron chi connectivity index (χ0n) is 16.2. The summed E-state index contributed by atoms with van der Waals surface area (Å²) in [6.07, 6.45) is 6.92. The molecular weight excluding hydrogens is 331 g/mol. The Kier molecular flexibility index (Phi) is 4.32. The molecule has 26 heavy (non-hydrogen) atoms. The Labute approximate surface area is 155 Å². The summed E-state index contributed by atoms with van der Waals surface area (Å²) in [4.78, 5) is 23.7. The van der Waals surface area contributed by atoms with Crippen molar-refractivity contribution in [1.29, 1.82) is 0 Å². The van der Waals surface area contributed by atoms with Crippen LogP contribution in [0.5, 0.6) is 0 Å². The monoisotopic (exact) mass is 362 g/mol. The SMILES string of the molecule is CCC(=O)O[C@@H]1CC[C@H]2[C@@H]3C[C@H](F)C4=CC(=O)CC[C@]4(C)[C@H]3CC[C@]12C. The minimum absolute atomic E-state index is 0.0170. The molecule has 0 N–H and O–H groups in total. The van der Waals surface area contributed by atoms with E-state index in [0.717, 1.165) is 37.7 Å². The molecule has 3 nitrogen and oxygen atoms in total. The standard InChI is InChI=1S/C22H31FO3/c1-4-20(25)26-19-6-5-15-14-12-18(23)17-11-13(24)7-9-21(17,2)16(14)8-10-22(15,19)3/h11,14-16,18-19H,4-10,12H2,1-3H3/t14-,15-,16-,18-,19+,21+,22-/m0/s1. The van der Waals surface area contributed by atoms with Gasteiger partial charge in [-0.2, -0.15) is 0 Å². The van der Waals surface area contributed by atoms with Crippen LogP contribution in [0.1, 0.15) is 72.1 Å². The lowest BCUT2D eigenvalue weighted by Gasteiger charge is -2.58. The van der Waals surface area contributed by atoms with E-state index in [4.69, 9.17) is 4.74 Å². The summed E-state index contributed by atoms with van der Waals surface area (Å²) in [5.41, 5.74) is 0.578. The van der Waals surface area contributed by atoms with Crippen LogP contribution >= 0.6 is 0 Å². The molecule has 7 atom stereocenters. The van der Waals surface area contributed by atoms with Gasteiger partial charge in [0.25, 0.3) is 0 Å². The number of hydrogen-bond donors (Lipinski definition) is 0. The quantitative estimate of drug-likeness (QED) is 0.664. The van der Waals surface area contributed by atoms with Gasteiger partial charge in [0, 0.05) is 18.3 Å². The molecule has 4 aliphatic carbocycles. The number of ketones is 1. The second kappa shape index (κ2) is 6.17. The summed E-state index contributed by atoms with van der Waals surface area (Å²) in [7, 11) is 0. The minimum Gasteiger partial charge on any atom is -0.462 e. The average Bonchev–Trinajstić information content (AvgIpc) is 2.93. The second-order valence-electron chi connectivity index (χ2n) is 9.52. The van der Waals surface area contributed by atoms with Crippen LogP contribution in [0.4, 0.5) is 4.39 Å². The normalized spacial score (nSPS) is 47.5. The van der Waals surface area contributed by atoms with Gasteiger partial charge < -0.3 is 4.74 Å². The molecule has 0 heterocycles. The van der Waals surface area contributed by atoms with Crippen LogP contribution in [0.3, 0.4) is 0 Å². The van der Waals surface area contributed by atoms with Crippen molar-refractivity contribution in [3.05, 3.63) is 11.6 Å². The molecule has 0 radical (unpaired) electrons. The van der Waals surface area contributed by atoms with Crippen LogP contribution in [0.2, 0.25) is 0 Å². The van der Waals surface area contributed by atoms with Crippen LogP contribution in [0.15, 0.2) is 11.6 Å². The Morgan fingerprint density at radius 2 is 2.00 bits per heavy atom. The van der Waals surface area contributed by atoms with Crippen molar-refractivity contribution < 1.29 is 18.7 Å². The molecule has 3 fully saturated rings. The van der Waals surface area contributed by atoms with Gasteiger partial charge in [0.1, 0.15) is 12.3 Å². The van der Waals surface area contributed by atoms with E-state index in [2.05, 4.69) is 13.8 Å². The predicted molar refractivity (Wildman–Crippen MR) is 97.2 cm³/mol. The first-order chi connectivity index (χ1) is 12.3. The van der Waals surface area contributed by atoms with E-state index in [-0.39, 0.29) is 28.7 Å². The van der Waals surface area contributed by atoms with Gasteiger partial charge in [-0.15, -0.1) is 0 Å². The summed E-state index contributed by atoms with van der Waals surface area (Å²) in [5, 5.41) is 0. The number of hydrogen-bond acceptors (Lipinski definition) is 3. The van der Waals surface area contributed by atoms with Crippen LogP contribution in [-0.4, -0.2) is 24.0 Å². The molecule has 4 aliphatic rings. The van der Waals surface area contributed by atoms with E-state index < -0.39 is 6.17 Å². The largest absolute Gasteiger partial charge is 0.462 e. The summed E-state index contributed by atoms with van der Waals surface area (Å²) >= 11 is 0. The lowest BCUT2D eigenvalue weighted by atomic mass is 9.47. The van der Waals surface area contributed by atoms with Gasteiger partial charge in [-0.3, -0.25) is 9.59 Å². The highest BCUT2D eigenvalue weighted by Gasteiger charge is 2.61. The molecular formula is C22H31FO3. The maximum Gasteiger partial charge on any atom is 0.305 e. The molecule has 144 valence electrons. The molecule has 0 spiro atoms. The Hall–Kier alpha value is -1.19. The second-order valence-corrected chi connectivity index (χ2v) is 9.52. The van der Waals surface area contributed by atoms with Gasteiger partial charge in [-0.25, -0.2) is 4.39 Å². The Morgan fingerprint density at radius 1 is 1.23 bits per heavy atom. The number of ether oxygens (including phenoxy) is 1. The average molecular weight is 362 g/mol. The first kappa shape index (κ1) is 18.2. The van der Waals surface area contributed by atoms with E-state index in [1.165, 1.54) is 0 Å². The maximum atomic E-state index is 15.1. The number of carbonyl (C=O) groups excluding carboxylic acids is 2. The molecule has 4 rings (SSSR count). The Bertz CT molecular complexity index is 656. The minimum atomic E-state index is -0.995. The lowest BCUT2D eigenvalue weighted by molar-refractivity contribution is -0.160. The number of halogens is 1. The number of rotatable bonds is 2. The summed E-state index contributed by atoms with van der Waals surface area (Å²) in [5.74, 6) is 1.18. The van der Waals surface area contributed by atoms with Crippen molar-refractivity contribution in [2.24, 2.45) is 28.6 Å². The number of allylic oxidation sites excluding steroid dienone is 1. The molecule has 4 heteroatoms. The fourth-order valence-electron chi connectivity index (χ4n) is 6.95. The molecule has 0 bridgehead atoms. The summed E-state index contributed by atoms with van der Waals surface area (Å²) in [6.45, 7) is 6.29. The third kappa shape index (κ3) is 2.51. The number of esters is 1. The predicted octanol–water partition coefficient (Wildman–Crippen LogP) is 4.79. The van der Waals surface area contributed by atoms with Gasteiger partial charge in [0.15, 0.2) is 5.78 Å². The summed E-state index contributed by atoms with van der Waals surface area (Å²) in [6, 6.07) is 0. The van der Waals surface area contributed by atoms with E-state index in [1.807, 2.05) is 6.92 Å². The first-order valence-corrected chi connectivity index (χ1v) is 10.4. The highest BCUT2D eigenvalue weighted by molar-refractivity contribution is 5.91. The molecule has 0 saturated heterocycles. The van der Waals surface area contributed by atoms with E-state index in [1.54, 1.807) is 6.08 Å². The molecule has 0 unspecified atom stereocenters. The number of alkyl halides is 1. The Balaban J connectivity index is 1.63. The highest BCUT2D eigenvalue weighted by Crippen LogP contribution is 2.66.